The van der Waals surface area contributed by atoms with Crippen LogP contribution in [0.2, 0.25) is 0 Å². The predicted octanol–water partition coefficient (Wildman–Crippen LogP) is 1.68. The molecule has 0 atom stereocenters. The van der Waals surface area contributed by atoms with E-state index in [2.05, 4.69) is 10.0 Å². The van der Waals surface area contributed by atoms with Crippen molar-refractivity contribution in [2.45, 2.75) is 4.21 Å². The number of carbonyl (C=O) groups excluding carboxylic acids is 1. The van der Waals surface area contributed by atoms with Gasteiger partial charge in [-0.1, -0.05) is 6.07 Å². The molecule has 0 aliphatic heterocycles. The zero-order chi connectivity index (χ0) is 16.9. The highest BCUT2D eigenvalue weighted by atomic mass is 32.2. The lowest BCUT2D eigenvalue weighted by atomic mass is 10.2. The van der Waals surface area contributed by atoms with Crippen LogP contribution in [0.4, 0.5) is 5.69 Å². The van der Waals surface area contributed by atoms with Crippen LogP contribution in [0.15, 0.2) is 39.9 Å². The van der Waals surface area contributed by atoms with Crippen molar-refractivity contribution in [3.8, 4) is 11.5 Å². The van der Waals surface area contributed by atoms with Gasteiger partial charge >= 0.3 is 0 Å². The van der Waals surface area contributed by atoms with Crippen molar-refractivity contribution in [1.82, 2.24) is 4.72 Å². The molecule has 0 aliphatic carbocycles. The number of benzene rings is 1. The van der Waals surface area contributed by atoms with Crippen LogP contribution in [0, 0.1) is 0 Å². The van der Waals surface area contributed by atoms with E-state index in [-0.39, 0.29) is 10.8 Å². The molecule has 7 nitrogen and oxygen atoms in total. The van der Waals surface area contributed by atoms with Gasteiger partial charge in [0.25, 0.3) is 10.0 Å². The van der Waals surface area contributed by atoms with Crippen LogP contribution in [0.5, 0.6) is 11.5 Å². The molecule has 23 heavy (non-hydrogen) atoms. The fraction of sp³-hybridized carbons (Fsp3) is 0.214. The van der Waals surface area contributed by atoms with Gasteiger partial charge in [-0.25, -0.2) is 13.1 Å². The van der Waals surface area contributed by atoms with Crippen LogP contribution >= 0.6 is 11.3 Å². The van der Waals surface area contributed by atoms with Gasteiger partial charge in [-0.2, -0.15) is 0 Å². The number of hydrogen-bond donors (Lipinski definition) is 2. The summed E-state index contributed by atoms with van der Waals surface area (Å²) in [6.45, 7) is -0.366. The van der Waals surface area contributed by atoms with Gasteiger partial charge in [-0.15, -0.1) is 11.3 Å². The Morgan fingerprint density at radius 2 is 1.91 bits per heavy atom. The maximum atomic E-state index is 11.9. The molecule has 0 saturated carbocycles. The summed E-state index contributed by atoms with van der Waals surface area (Å²) in [6, 6.07) is 7.96. The summed E-state index contributed by atoms with van der Waals surface area (Å²) in [5.74, 6) is 0.505. The second kappa shape index (κ2) is 7.44. The average Bonchev–Trinajstić information content (AvgIpc) is 3.08. The Hall–Kier alpha value is -2.10. The average molecular weight is 356 g/mol. The summed E-state index contributed by atoms with van der Waals surface area (Å²) >= 11 is 1.08. The standard InChI is InChI=1S/C14H16N2O5S2/c1-20-11-6-5-10(8-12(11)21-2)16-13(17)9-15-23(18,19)14-4-3-7-22-14/h3-8,15H,9H2,1-2H3,(H,16,17). The number of methoxy groups -OCH3 is 2. The maximum Gasteiger partial charge on any atom is 0.250 e. The number of sulfonamides is 1. The molecule has 0 aliphatic rings. The lowest BCUT2D eigenvalue weighted by Crippen LogP contribution is -2.32. The van der Waals surface area contributed by atoms with Gasteiger partial charge in [-0.3, -0.25) is 4.79 Å². The quantitative estimate of drug-likeness (QED) is 0.787. The van der Waals surface area contributed by atoms with Crippen molar-refractivity contribution >= 4 is 33.0 Å². The van der Waals surface area contributed by atoms with Gasteiger partial charge in [-0.05, 0) is 23.6 Å². The van der Waals surface area contributed by atoms with E-state index >= 15 is 0 Å². The molecule has 1 aromatic carbocycles. The first-order valence-corrected chi connectivity index (χ1v) is 8.87. The van der Waals surface area contributed by atoms with Crippen molar-refractivity contribution in [1.29, 1.82) is 0 Å². The minimum Gasteiger partial charge on any atom is -0.493 e. The van der Waals surface area contributed by atoms with Gasteiger partial charge in [0, 0.05) is 11.8 Å². The van der Waals surface area contributed by atoms with E-state index in [1.165, 1.54) is 20.3 Å². The molecule has 1 amide bonds. The molecule has 0 radical (unpaired) electrons. The molecule has 2 rings (SSSR count). The minimum atomic E-state index is -3.66. The van der Waals surface area contributed by atoms with E-state index < -0.39 is 15.9 Å². The molecule has 1 aromatic heterocycles. The molecule has 124 valence electrons. The SMILES string of the molecule is COc1ccc(NC(=O)CNS(=O)(=O)c2cccs2)cc1OC. The number of hydrogen-bond acceptors (Lipinski definition) is 6. The van der Waals surface area contributed by atoms with Gasteiger partial charge < -0.3 is 14.8 Å². The second-order valence-electron chi connectivity index (χ2n) is 4.37. The highest BCUT2D eigenvalue weighted by Crippen LogP contribution is 2.29. The number of amides is 1. The molecule has 0 spiro atoms. The lowest BCUT2D eigenvalue weighted by Gasteiger charge is -2.11. The van der Waals surface area contributed by atoms with Crippen molar-refractivity contribution in [3.05, 3.63) is 35.7 Å². The lowest BCUT2D eigenvalue weighted by molar-refractivity contribution is -0.115. The normalized spacial score (nSPS) is 11.0. The van der Waals surface area contributed by atoms with Crippen LogP contribution in [-0.2, 0) is 14.8 Å². The zero-order valence-corrected chi connectivity index (χ0v) is 14.2. The molecule has 0 saturated heterocycles. The fourth-order valence-corrected chi connectivity index (χ4v) is 3.79. The Morgan fingerprint density at radius 3 is 2.52 bits per heavy atom. The number of carbonyl (C=O) groups is 1. The molecular weight excluding hydrogens is 340 g/mol. The third kappa shape index (κ3) is 4.44. The molecule has 0 unspecified atom stereocenters. The van der Waals surface area contributed by atoms with Crippen LogP contribution in [0.3, 0.4) is 0 Å². The molecule has 2 aromatic rings. The summed E-state index contributed by atoms with van der Waals surface area (Å²) in [6.07, 6.45) is 0. The van der Waals surface area contributed by atoms with E-state index in [1.54, 1.807) is 29.6 Å². The first-order valence-electron chi connectivity index (χ1n) is 6.51. The first kappa shape index (κ1) is 17.3. The monoisotopic (exact) mass is 356 g/mol. The second-order valence-corrected chi connectivity index (χ2v) is 7.32. The summed E-state index contributed by atoms with van der Waals surface area (Å²) in [7, 11) is -0.671. The zero-order valence-electron chi connectivity index (χ0n) is 12.5. The summed E-state index contributed by atoms with van der Waals surface area (Å²) in [4.78, 5) is 11.9. The molecular formula is C14H16N2O5S2. The van der Waals surface area contributed by atoms with E-state index in [1.807, 2.05) is 0 Å². The van der Waals surface area contributed by atoms with Crippen molar-refractivity contribution in [2.75, 3.05) is 26.1 Å². The fourth-order valence-electron chi connectivity index (χ4n) is 1.77. The number of nitrogens with one attached hydrogen (secondary N) is 2. The highest BCUT2D eigenvalue weighted by Gasteiger charge is 2.16. The van der Waals surface area contributed by atoms with Crippen molar-refractivity contribution < 1.29 is 22.7 Å². The third-order valence-electron chi connectivity index (χ3n) is 2.85. The topological polar surface area (TPSA) is 93.7 Å². The third-order valence-corrected chi connectivity index (χ3v) is 5.65. The Kier molecular flexibility index (Phi) is 5.59. The summed E-state index contributed by atoms with van der Waals surface area (Å²) in [5, 5.41) is 4.24. The van der Waals surface area contributed by atoms with E-state index in [4.69, 9.17) is 9.47 Å². The molecule has 1 heterocycles. The predicted molar refractivity (Wildman–Crippen MR) is 87.7 cm³/mol. The largest absolute Gasteiger partial charge is 0.493 e. The van der Waals surface area contributed by atoms with Crippen LogP contribution in [0.25, 0.3) is 0 Å². The Morgan fingerprint density at radius 1 is 1.17 bits per heavy atom. The van der Waals surface area contributed by atoms with Crippen molar-refractivity contribution in [3.63, 3.8) is 0 Å². The number of anilines is 1. The van der Waals surface area contributed by atoms with Gasteiger partial charge in [0.05, 0.1) is 20.8 Å². The van der Waals surface area contributed by atoms with Gasteiger partial charge in [0.15, 0.2) is 11.5 Å². The number of ether oxygens (including phenoxy) is 2. The molecule has 0 bridgehead atoms. The van der Waals surface area contributed by atoms with Crippen LogP contribution in [0.1, 0.15) is 0 Å². The molecule has 0 fully saturated rings. The van der Waals surface area contributed by atoms with Gasteiger partial charge in [0.2, 0.25) is 5.91 Å². The highest BCUT2D eigenvalue weighted by molar-refractivity contribution is 7.91. The Bertz CT molecular complexity index is 772. The summed E-state index contributed by atoms with van der Waals surface area (Å²) in [5.41, 5.74) is 0.475. The Labute approximate surface area is 138 Å². The van der Waals surface area contributed by atoms with Crippen molar-refractivity contribution in [2.24, 2.45) is 0 Å². The Balaban J connectivity index is 1.98. The molecule has 9 heteroatoms. The van der Waals surface area contributed by atoms with E-state index in [9.17, 15) is 13.2 Å². The van der Waals surface area contributed by atoms with Crippen LogP contribution < -0.4 is 19.5 Å². The molecule has 2 N–H and O–H groups in total. The number of rotatable bonds is 7. The maximum absolute atomic E-state index is 11.9. The smallest absolute Gasteiger partial charge is 0.250 e. The van der Waals surface area contributed by atoms with Crippen LogP contribution in [-0.4, -0.2) is 35.1 Å². The van der Waals surface area contributed by atoms with Gasteiger partial charge in [0.1, 0.15) is 4.21 Å². The first-order chi connectivity index (χ1) is 11.0. The minimum absolute atomic E-state index is 0.163. The van der Waals surface area contributed by atoms with E-state index in [0.717, 1.165) is 11.3 Å². The van der Waals surface area contributed by atoms with E-state index in [0.29, 0.717) is 17.2 Å². The summed E-state index contributed by atoms with van der Waals surface area (Å²) < 4.78 is 36.5. The number of thiophene rings is 1.